The molecule has 0 aliphatic heterocycles. The van der Waals surface area contributed by atoms with Gasteiger partial charge in [0, 0.05) is 12.0 Å². The Labute approximate surface area is 119 Å². The Bertz CT molecular complexity index is 618. The van der Waals surface area contributed by atoms with Gasteiger partial charge in [0.25, 0.3) is 0 Å². The molecule has 3 rings (SSSR count). The molecule has 18 heavy (non-hydrogen) atoms. The van der Waals surface area contributed by atoms with Gasteiger partial charge in [0.2, 0.25) is 0 Å². The number of hydrogen-bond acceptors (Lipinski definition) is 2. The van der Waals surface area contributed by atoms with Crippen molar-refractivity contribution in [2.75, 3.05) is 0 Å². The van der Waals surface area contributed by atoms with Crippen LogP contribution in [0.4, 0.5) is 0 Å². The monoisotopic (exact) mass is 296 g/mol. The fourth-order valence-corrected chi connectivity index (χ4v) is 3.91. The van der Waals surface area contributed by atoms with E-state index in [0.717, 1.165) is 6.42 Å². The molecule has 0 spiro atoms. The largest absolute Gasteiger partial charge is 0.294 e. The molecule has 0 saturated heterocycles. The minimum atomic E-state index is 0.0858. The van der Waals surface area contributed by atoms with Crippen LogP contribution >= 0.6 is 34.5 Å². The molecule has 1 atom stereocenters. The molecule has 1 unspecified atom stereocenters. The van der Waals surface area contributed by atoms with Crippen molar-refractivity contribution in [1.82, 2.24) is 0 Å². The van der Waals surface area contributed by atoms with Gasteiger partial charge < -0.3 is 0 Å². The van der Waals surface area contributed by atoms with Gasteiger partial charge in [-0.25, -0.2) is 0 Å². The quantitative estimate of drug-likeness (QED) is 0.731. The predicted molar refractivity (Wildman–Crippen MR) is 76.2 cm³/mol. The molecule has 4 heteroatoms. The minimum Gasteiger partial charge on any atom is -0.294 e. The van der Waals surface area contributed by atoms with Gasteiger partial charge in [-0.15, -0.1) is 11.3 Å². The van der Waals surface area contributed by atoms with Gasteiger partial charge in [0.05, 0.1) is 4.34 Å². The van der Waals surface area contributed by atoms with Gasteiger partial charge in [0.15, 0.2) is 5.78 Å². The Morgan fingerprint density at radius 1 is 1.33 bits per heavy atom. The summed E-state index contributed by atoms with van der Waals surface area (Å²) in [4.78, 5) is 12.2. The first kappa shape index (κ1) is 12.2. The summed E-state index contributed by atoms with van der Waals surface area (Å²) >= 11 is 13.1. The van der Waals surface area contributed by atoms with Gasteiger partial charge in [0.1, 0.15) is 4.34 Å². The van der Waals surface area contributed by atoms with Crippen LogP contribution in [0.2, 0.25) is 8.67 Å². The van der Waals surface area contributed by atoms with E-state index in [9.17, 15) is 4.79 Å². The zero-order chi connectivity index (χ0) is 12.7. The van der Waals surface area contributed by atoms with E-state index in [-0.39, 0.29) is 5.78 Å². The molecule has 1 heterocycles. The summed E-state index contributed by atoms with van der Waals surface area (Å²) in [5, 5.41) is 0. The summed E-state index contributed by atoms with van der Waals surface area (Å²) in [5.41, 5.74) is 3.21. The molecule has 1 aromatic heterocycles. The average Bonchev–Trinajstić information content (AvgIpc) is 2.65. The van der Waals surface area contributed by atoms with Crippen molar-refractivity contribution < 1.29 is 4.79 Å². The van der Waals surface area contributed by atoms with E-state index in [4.69, 9.17) is 23.2 Å². The zero-order valence-electron chi connectivity index (χ0n) is 9.45. The highest BCUT2D eigenvalue weighted by Gasteiger charge is 2.28. The number of halogens is 2. The number of Topliss-reactive ketones (excluding diaryl/α,β-unsaturated/α-hetero) is 1. The lowest BCUT2D eigenvalue weighted by Gasteiger charge is -2.29. The molecule has 0 fully saturated rings. The second-order valence-corrected chi connectivity index (χ2v) is 6.75. The molecule has 0 saturated carbocycles. The third-order valence-corrected chi connectivity index (χ3v) is 4.84. The second kappa shape index (κ2) is 4.69. The van der Waals surface area contributed by atoms with Crippen molar-refractivity contribution in [2.45, 2.75) is 18.8 Å². The van der Waals surface area contributed by atoms with Gasteiger partial charge in [-0.1, -0.05) is 47.5 Å². The molecule has 0 radical (unpaired) electrons. The maximum Gasteiger partial charge on any atom is 0.165 e. The first-order chi connectivity index (χ1) is 8.65. The van der Waals surface area contributed by atoms with E-state index in [2.05, 4.69) is 12.1 Å². The van der Waals surface area contributed by atoms with Crippen molar-refractivity contribution in [3.63, 3.8) is 0 Å². The lowest BCUT2D eigenvalue weighted by Crippen LogP contribution is -2.20. The van der Waals surface area contributed by atoms with Gasteiger partial charge >= 0.3 is 0 Å². The maximum absolute atomic E-state index is 12.2. The van der Waals surface area contributed by atoms with E-state index in [1.807, 2.05) is 12.1 Å². The van der Waals surface area contributed by atoms with Crippen molar-refractivity contribution in [3.8, 4) is 0 Å². The Morgan fingerprint density at radius 3 is 2.78 bits per heavy atom. The van der Waals surface area contributed by atoms with Crippen LogP contribution in [0.5, 0.6) is 0 Å². The highest BCUT2D eigenvalue weighted by atomic mass is 35.5. The van der Waals surface area contributed by atoms with E-state index < -0.39 is 0 Å². The summed E-state index contributed by atoms with van der Waals surface area (Å²) in [6, 6.07) is 9.93. The number of thiophene rings is 1. The van der Waals surface area contributed by atoms with Crippen LogP contribution in [-0.2, 0) is 6.42 Å². The first-order valence-corrected chi connectivity index (χ1v) is 7.28. The van der Waals surface area contributed by atoms with Crippen LogP contribution in [0.25, 0.3) is 0 Å². The molecular weight excluding hydrogens is 287 g/mol. The van der Waals surface area contributed by atoms with Crippen LogP contribution in [0, 0.1) is 0 Å². The van der Waals surface area contributed by atoms with E-state index >= 15 is 0 Å². The SMILES string of the molecule is O=C(CC1Cc2ccccc21)c1cc(Cl)sc1Cl. The van der Waals surface area contributed by atoms with Gasteiger partial charge in [-0.3, -0.25) is 4.79 Å². The summed E-state index contributed by atoms with van der Waals surface area (Å²) in [5.74, 6) is 0.422. The van der Waals surface area contributed by atoms with Gasteiger partial charge in [-0.2, -0.15) is 0 Å². The maximum atomic E-state index is 12.2. The highest BCUT2D eigenvalue weighted by molar-refractivity contribution is 7.20. The Hall–Kier alpha value is -0.830. The predicted octanol–water partition coefficient (Wildman–Crippen LogP) is 4.97. The molecule has 1 nitrogen and oxygen atoms in total. The lowest BCUT2D eigenvalue weighted by atomic mass is 9.75. The Morgan fingerprint density at radius 2 is 2.11 bits per heavy atom. The summed E-state index contributed by atoms with van der Waals surface area (Å²) < 4.78 is 1.06. The number of carbonyl (C=O) groups excluding carboxylic acids is 1. The molecule has 0 amide bonds. The van der Waals surface area contributed by atoms with Crippen molar-refractivity contribution in [2.24, 2.45) is 0 Å². The van der Waals surface area contributed by atoms with Crippen LogP contribution in [0.3, 0.4) is 0 Å². The summed E-state index contributed by atoms with van der Waals surface area (Å²) in [6.07, 6.45) is 1.50. The third-order valence-electron chi connectivity index (χ3n) is 3.35. The number of hydrogen-bond donors (Lipinski definition) is 0. The molecular formula is C14H10Cl2OS. The van der Waals surface area contributed by atoms with E-state index in [1.54, 1.807) is 6.07 Å². The topological polar surface area (TPSA) is 17.1 Å². The number of rotatable bonds is 3. The molecule has 1 aliphatic carbocycles. The Balaban J connectivity index is 1.76. The number of benzene rings is 1. The first-order valence-electron chi connectivity index (χ1n) is 5.71. The molecule has 1 aliphatic rings. The van der Waals surface area contributed by atoms with Crippen LogP contribution < -0.4 is 0 Å². The second-order valence-electron chi connectivity index (χ2n) is 4.47. The van der Waals surface area contributed by atoms with Gasteiger partial charge in [-0.05, 0) is 29.5 Å². The molecule has 2 aromatic rings. The third kappa shape index (κ3) is 2.09. The molecule has 92 valence electrons. The van der Waals surface area contributed by atoms with Crippen molar-refractivity contribution in [1.29, 1.82) is 0 Å². The van der Waals surface area contributed by atoms with Crippen LogP contribution in [-0.4, -0.2) is 5.78 Å². The lowest BCUT2D eigenvalue weighted by molar-refractivity contribution is 0.0971. The van der Waals surface area contributed by atoms with Crippen LogP contribution in [0.1, 0.15) is 33.8 Å². The summed E-state index contributed by atoms with van der Waals surface area (Å²) in [7, 11) is 0. The minimum absolute atomic E-state index is 0.0858. The highest BCUT2D eigenvalue weighted by Crippen LogP contribution is 2.39. The number of carbonyl (C=O) groups is 1. The normalized spacial score (nSPS) is 17.1. The standard InChI is InChI=1S/C14H10Cl2OS/c15-13-7-11(14(16)18-13)12(17)6-9-5-8-3-1-2-4-10(8)9/h1-4,7,9H,5-6H2. The molecule has 0 N–H and O–H groups in total. The Kier molecular flexibility index (Phi) is 3.18. The summed E-state index contributed by atoms with van der Waals surface area (Å²) in [6.45, 7) is 0. The van der Waals surface area contributed by atoms with E-state index in [0.29, 0.717) is 26.6 Å². The molecule has 0 bridgehead atoms. The van der Waals surface area contributed by atoms with Crippen molar-refractivity contribution >= 4 is 40.3 Å². The van der Waals surface area contributed by atoms with Crippen LogP contribution in [0.15, 0.2) is 30.3 Å². The number of ketones is 1. The average molecular weight is 297 g/mol. The zero-order valence-corrected chi connectivity index (χ0v) is 11.8. The van der Waals surface area contributed by atoms with Crippen molar-refractivity contribution in [3.05, 3.63) is 55.7 Å². The fraction of sp³-hybridized carbons (Fsp3) is 0.214. The van der Waals surface area contributed by atoms with E-state index in [1.165, 1.54) is 22.5 Å². The smallest absolute Gasteiger partial charge is 0.165 e. The number of fused-ring (bicyclic) bond motifs is 1. The molecule has 1 aromatic carbocycles. The fourth-order valence-electron chi connectivity index (χ4n) is 2.41.